The van der Waals surface area contributed by atoms with Crippen LogP contribution in [0.1, 0.15) is 31.2 Å². The second kappa shape index (κ2) is 6.83. The molecule has 1 atom stereocenters. The molecule has 1 unspecified atom stereocenters. The van der Waals surface area contributed by atoms with Crippen LogP contribution in [-0.4, -0.2) is 24.6 Å². The van der Waals surface area contributed by atoms with E-state index in [2.05, 4.69) is 30.6 Å². The lowest BCUT2D eigenvalue weighted by molar-refractivity contribution is 0.282. The van der Waals surface area contributed by atoms with E-state index >= 15 is 0 Å². The van der Waals surface area contributed by atoms with Crippen molar-refractivity contribution in [1.82, 2.24) is 5.32 Å². The average Bonchev–Trinajstić information content (AvgIpc) is 2.29. The van der Waals surface area contributed by atoms with E-state index in [4.69, 9.17) is 11.6 Å². The normalized spacial score (nSPS) is 24.6. The minimum atomic E-state index is 0.659. The van der Waals surface area contributed by atoms with Crippen LogP contribution >= 0.6 is 23.4 Å². The van der Waals surface area contributed by atoms with Gasteiger partial charge in [-0.15, -0.1) is 0 Å². The van der Waals surface area contributed by atoms with Gasteiger partial charge in [0.15, 0.2) is 0 Å². The van der Waals surface area contributed by atoms with E-state index in [0.717, 1.165) is 17.5 Å². The minimum Gasteiger partial charge on any atom is -0.314 e. The molecule has 1 aliphatic carbocycles. The van der Waals surface area contributed by atoms with Crippen LogP contribution in [0.2, 0.25) is 5.02 Å². The molecule has 0 aromatic heterocycles. The Morgan fingerprint density at radius 3 is 2.78 bits per heavy atom. The van der Waals surface area contributed by atoms with Crippen LogP contribution in [0.5, 0.6) is 0 Å². The molecule has 0 bridgehead atoms. The van der Waals surface area contributed by atoms with Gasteiger partial charge in [-0.3, -0.25) is 0 Å². The molecule has 0 amide bonds. The fourth-order valence-electron chi connectivity index (χ4n) is 2.56. The van der Waals surface area contributed by atoms with Crippen molar-refractivity contribution in [1.29, 1.82) is 0 Å². The summed E-state index contributed by atoms with van der Waals surface area (Å²) in [4.78, 5) is 0. The van der Waals surface area contributed by atoms with Crippen molar-refractivity contribution < 1.29 is 0 Å². The number of nitrogens with one attached hydrogen (secondary N) is 1. The van der Waals surface area contributed by atoms with Crippen molar-refractivity contribution in [2.75, 3.05) is 18.6 Å². The Kier molecular flexibility index (Phi) is 5.40. The zero-order valence-corrected chi connectivity index (χ0v) is 12.7. The third kappa shape index (κ3) is 3.66. The minimum absolute atomic E-state index is 0.659. The first-order chi connectivity index (χ1) is 8.70. The van der Waals surface area contributed by atoms with Crippen molar-refractivity contribution in [2.45, 2.75) is 31.7 Å². The molecular formula is C15H22ClNS. The summed E-state index contributed by atoms with van der Waals surface area (Å²) in [5, 5.41) is 4.59. The highest BCUT2D eigenvalue weighted by molar-refractivity contribution is 7.98. The highest BCUT2D eigenvalue weighted by Crippen LogP contribution is 2.39. The highest BCUT2D eigenvalue weighted by atomic mass is 35.5. The lowest BCUT2D eigenvalue weighted by atomic mass is 9.76. The van der Waals surface area contributed by atoms with Crippen LogP contribution in [0.3, 0.4) is 0 Å². The summed E-state index contributed by atoms with van der Waals surface area (Å²) in [6, 6.07) is 8.94. The number of rotatable bonds is 6. The molecule has 1 nitrogen and oxygen atoms in total. The third-order valence-corrected chi connectivity index (χ3v) is 4.94. The van der Waals surface area contributed by atoms with Crippen molar-refractivity contribution >= 4 is 23.4 Å². The Balaban J connectivity index is 1.73. The summed E-state index contributed by atoms with van der Waals surface area (Å²) in [7, 11) is 0. The summed E-state index contributed by atoms with van der Waals surface area (Å²) in [6.07, 6.45) is 4.64. The molecule has 100 valence electrons. The maximum atomic E-state index is 6.23. The summed E-state index contributed by atoms with van der Waals surface area (Å²) in [6.45, 7) is 3.45. The monoisotopic (exact) mass is 283 g/mol. The van der Waals surface area contributed by atoms with Gasteiger partial charge in [0.2, 0.25) is 0 Å². The van der Waals surface area contributed by atoms with Crippen LogP contribution in [0, 0.1) is 5.92 Å². The zero-order valence-electron chi connectivity index (χ0n) is 11.2. The molecule has 1 aromatic carbocycles. The Labute approximate surface area is 120 Å². The maximum Gasteiger partial charge on any atom is 0.0440 e. The van der Waals surface area contributed by atoms with Gasteiger partial charge in [-0.25, -0.2) is 0 Å². The number of hydrogen-bond acceptors (Lipinski definition) is 2. The highest BCUT2D eigenvalue weighted by Gasteiger charge is 2.31. The number of benzene rings is 1. The smallest absolute Gasteiger partial charge is 0.0440 e. The largest absolute Gasteiger partial charge is 0.314 e. The first-order valence-electron chi connectivity index (χ1n) is 6.67. The van der Waals surface area contributed by atoms with E-state index in [0.29, 0.717) is 12.0 Å². The Morgan fingerprint density at radius 2 is 2.11 bits per heavy atom. The number of halogens is 1. The molecule has 0 aliphatic heterocycles. The van der Waals surface area contributed by atoms with Crippen molar-refractivity contribution in [3.8, 4) is 0 Å². The quantitative estimate of drug-likeness (QED) is 0.841. The molecular weight excluding hydrogens is 262 g/mol. The second-order valence-electron chi connectivity index (χ2n) is 5.36. The van der Waals surface area contributed by atoms with Crippen molar-refractivity contribution in [3.05, 3.63) is 34.9 Å². The predicted octanol–water partition coefficient (Wildman–Crippen LogP) is 4.17. The molecule has 0 saturated heterocycles. The number of hydrogen-bond donors (Lipinski definition) is 1. The van der Waals surface area contributed by atoms with E-state index in [1.807, 2.05) is 23.9 Å². The molecule has 1 fully saturated rings. The SMILES string of the molecule is CSCC(C)CNC1CC(c2ccccc2Cl)C1. The molecule has 1 aliphatic rings. The molecule has 0 heterocycles. The van der Waals surface area contributed by atoms with E-state index in [9.17, 15) is 0 Å². The van der Waals surface area contributed by atoms with Crippen molar-refractivity contribution in [2.24, 2.45) is 5.92 Å². The fourth-order valence-corrected chi connectivity index (χ4v) is 3.53. The van der Waals surface area contributed by atoms with Gasteiger partial charge >= 0.3 is 0 Å². The Morgan fingerprint density at radius 1 is 1.39 bits per heavy atom. The van der Waals surface area contributed by atoms with E-state index < -0.39 is 0 Å². The summed E-state index contributed by atoms with van der Waals surface area (Å²) >= 11 is 8.15. The zero-order chi connectivity index (χ0) is 13.0. The third-order valence-electron chi connectivity index (χ3n) is 3.69. The fraction of sp³-hybridized carbons (Fsp3) is 0.600. The molecule has 3 heteroatoms. The van der Waals surface area contributed by atoms with Crippen molar-refractivity contribution in [3.63, 3.8) is 0 Å². The molecule has 1 N–H and O–H groups in total. The van der Waals surface area contributed by atoms with Crippen LogP contribution in [0.4, 0.5) is 0 Å². The van der Waals surface area contributed by atoms with Crippen LogP contribution in [0.15, 0.2) is 24.3 Å². The van der Waals surface area contributed by atoms with Crippen LogP contribution in [-0.2, 0) is 0 Å². The van der Waals surface area contributed by atoms with E-state index in [-0.39, 0.29) is 0 Å². The van der Waals surface area contributed by atoms with Gasteiger partial charge in [0.1, 0.15) is 0 Å². The molecule has 0 spiro atoms. The lowest BCUT2D eigenvalue weighted by Gasteiger charge is -2.37. The summed E-state index contributed by atoms with van der Waals surface area (Å²) in [5.74, 6) is 2.67. The molecule has 18 heavy (non-hydrogen) atoms. The average molecular weight is 284 g/mol. The standard InChI is InChI=1S/C15H22ClNS/c1-11(10-18-2)9-17-13-7-12(8-13)14-5-3-4-6-15(14)16/h3-6,11-13,17H,7-10H2,1-2H3. The van der Waals surface area contributed by atoms with Gasteiger partial charge in [-0.05, 0) is 54.9 Å². The maximum absolute atomic E-state index is 6.23. The van der Waals surface area contributed by atoms with E-state index in [1.54, 1.807) is 0 Å². The number of thioether (sulfide) groups is 1. The second-order valence-corrected chi connectivity index (χ2v) is 6.67. The van der Waals surface area contributed by atoms with Gasteiger partial charge in [0.05, 0.1) is 0 Å². The topological polar surface area (TPSA) is 12.0 Å². The Hall–Kier alpha value is -0.180. The van der Waals surface area contributed by atoms with Crippen LogP contribution in [0.25, 0.3) is 0 Å². The summed E-state index contributed by atoms with van der Waals surface area (Å²) < 4.78 is 0. The lowest BCUT2D eigenvalue weighted by Crippen LogP contribution is -2.42. The van der Waals surface area contributed by atoms with Gasteiger partial charge in [-0.1, -0.05) is 36.7 Å². The van der Waals surface area contributed by atoms with Gasteiger partial charge < -0.3 is 5.32 Å². The van der Waals surface area contributed by atoms with Gasteiger partial charge in [0, 0.05) is 11.1 Å². The predicted molar refractivity (Wildman–Crippen MR) is 82.8 cm³/mol. The van der Waals surface area contributed by atoms with Gasteiger partial charge in [-0.2, -0.15) is 11.8 Å². The summed E-state index contributed by atoms with van der Waals surface area (Å²) in [5.41, 5.74) is 1.33. The van der Waals surface area contributed by atoms with Crippen LogP contribution < -0.4 is 5.32 Å². The molecule has 1 aromatic rings. The first kappa shape index (κ1) is 14.2. The Bertz CT molecular complexity index is 377. The van der Waals surface area contributed by atoms with E-state index in [1.165, 1.54) is 24.2 Å². The van der Waals surface area contributed by atoms with Gasteiger partial charge in [0.25, 0.3) is 0 Å². The first-order valence-corrected chi connectivity index (χ1v) is 8.44. The molecule has 0 radical (unpaired) electrons. The molecule has 1 saturated carbocycles. The molecule has 2 rings (SSSR count).